The molecule has 1 unspecified atom stereocenters. The van der Waals surface area contributed by atoms with Crippen molar-refractivity contribution in [2.24, 2.45) is 5.92 Å². The van der Waals surface area contributed by atoms with Crippen LogP contribution in [0.2, 0.25) is 0 Å². The summed E-state index contributed by atoms with van der Waals surface area (Å²) in [6, 6.07) is 27.3. The molecule has 3 aliphatic rings. The molecule has 0 spiro atoms. The molecule has 0 aromatic heterocycles. The van der Waals surface area contributed by atoms with Gasteiger partial charge in [0.2, 0.25) is 0 Å². The highest BCUT2D eigenvalue weighted by Gasteiger charge is 2.33. The molecule has 37 heavy (non-hydrogen) atoms. The first-order chi connectivity index (χ1) is 18.1. The normalized spacial score (nSPS) is 20.4. The Bertz CT molecular complexity index is 1410. The fraction of sp³-hybridized carbons (Fsp3) is 0.257. The number of hydrogen-bond acceptors (Lipinski definition) is 2. The molecule has 2 heteroatoms. The van der Waals surface area contributed by atoms with Crippen molar-refractivity contribution >= 4 is 5.70 Å². The number of hydrogen-bond donors (Lipinski definition) is 0. The first-order valence-electron chi connectivity index (χ1n) is 13.6. The second-order valence-corrected chi connectivity index (χ2v) is 11.0. The van der Waals surface area contributed by atoms with Crippen LogP contribution < -0.4 is 0 Å². The number of likely N-dealkylation sites (N-methyl/N-ethyl adjacent to an activating group) is 1. The van der Waals surface area contributed by atoms with Gasteiger partial charge in [0.15, 0.2) is 0 Å². The van der Waals surface area contributed by atoms with E-state index in [1.807, 2.05) is 0 Å². The standard InChI is InChI=1S/C35H36N2/c1-25(2)21-26-18-20-36(3)35(22-26)32-23-28(27-11-5-4-6-12-27)16-17-30(32)33-24-37-19-10-9-15-34(37)31-14-8-7-13-29(31)33/h4-19,22-23,25,33-34H,20-21,24H2,1-3H3/t33-,34?/m0/s1. The van der Waals surface area contributed by atoms with Gasteiger partial charge in [-0.1, -0.05) is 98.8 Å². The lowest BCUT2D eigenvalue weighted by atomic mass is 9.78. The predicted molar refractivity (Wildman–Crippen MR) is 156 cm³/mol. The van der Waals surface area contributed by atoms with Gasteiger partial charge in [0.1, 0.15) is 0 Å². The van der Waals surface area contributed by atoms with Gasteiger partial charge in [0.05, 0.1) is 6.04 Å². The van der Waals surface area contributed by atoms with Crippen LogP contribution in [0.25, 0.3) is 16.8 Å². The number of nitrogens with zero attached hydrogens (tertiary/aromatic N) is 2. The van der Waals surface area contributed by atoms with Crippen molar-refractivity contribution in [2.75, 3.05) is 20.1 Å². The molecule has 186 valence electrons. The van der Waals surface area contributed by atoms with E-state index in [0.717, 1.165) is 19.5 Å². The molecule has 2 atom stereocenters. The zero-order chi connectivity index (χ0) is 25.4. The zero-order valence-electron chi connectivity index (χ0n) is 22.1. The Labute approximate surface area is 221 Å². The molecule has 0 bridgehead atoms. The van der Waals surface area contributed by atoms with Gasteiger partial charge < -0.3 is 9.80 Å². The summed E-state index contributed by atoms with van der Waals surface area (Å²) in [4.78, 5) is 4.92. The van der Waals surface area contributed by atoms with Crippen molar-refractivity contribution in [1.82, 2.24) is 9.80 Å². The molecule has 0 saturated carbocycles. The highest BCUT2D eigenvalue weighted by Crippen LogP contribution is 2.44. The van der Waals surface area contributed by atoms with E-state index in [1.165, 1.54) is 44.7 Å². The molecular weight excluding hydrogens is 448 g/mol. The lowest BCUT2D eigenvalue weighted by Gasteiger charge is -2.42. The molecule has 0 saturated heterocycles. The Hall–Kier alpha value is -3.78. The lowest BCUT2D eigenvalue weighted by molar-refractivity contribution is 0.288. The first-order valence-corrected chi connectivity index (χ1v) is 13.6. The highest BCUT2D eigenvalue weighted by atomic mass is 15.2. The van der Waals surface area contributed by atoms with E-state index in [-0.39, 0.29) is 0 Å². The Kier molecular flexibility index (Phi) is 6.34. The molecule has 3 heterocycles. The van der Waals surface area contributed by atoms with Gasteiger partial charge in [0.25, 0.3) is 0 Å². The SMILES string of the molecule is CC(C)CC1=CCN(C)C(c2cc(-c3ccccc3)ccc2[C@H]2CN3C=CC=CC3c3ccccc32)=C1. The van der Waals surface area contributed by atoms with E-state index in [0.29, 0.717) is 17.9 Å². The third-order valence-electron chi connectivity index (χ3n) is 7.94. The van der Waals surface area contributed by atoms with E-state index >= 15 is 0 Å². The minimum Gasteiger partial charge on any atom is -0.370 e. The monoisotopic (exact) mass is 484 g/mol. The van der Waals surface area contributed by atoms with E-state index in [1.54, 1.807) is 0 Å². The summed E-state index contributed by atoms with van der Waals surface area (Å²) < 4.78 is 0. The zero-order valence-corrected chi connectivity index (χ0v) is 22.1. The second kappa shape index (κ2) is 9.94. The van der Waals surface area contributed by atoms with Gasteiger partial charge in [-0.15, -0.1) is 0 Å². The molecule has 2 nitrogen and oxygen atoms in total. The Morgan fingerprint density at radius 3 is 2.43 bits per heavy atom. The molecule has 3 aromatic rings. The molecule has 0 N–H and O–H groups in total. The average Bonchev–Trinajstić information content (AvgIpc) is 2.93. The largest absolute Gasteiger partial charge is 0.370 e. The van der Waals surface area contributed by atoms with Crippen LogP contribution in [0.15, 0.2) is 115 Å². The van der Waals surface area contributed by atoms with Crippen molar-refractivity contribution in [3.63, 3.8) is 0 Å². The fourth-order valence-corrected chi connectivity index (χ4v) is 6.15. The Balaban J connectivity index is 1.52. The summed E-state index contributed by atoms with van der Waals surface area (Å²) in [6.07, 6.45) is 14.9. The van der Waals surface area contributed by atoms with Crippen molar-refractivity contribution < 1.29 is 0 Å². The summed E-state index contributed by atoms with van der Waals surface area (Å²) in [6.45, 7) is 6.55. The minimum absolute atomic E-state index is 0.303. The van der Waals surface area contributed by atoms with Crippen molar-refractivity contribution in [1.29, 1.82) is 0 Å². The Morgan fingerprint density at radius 2 is 1.62 bits per heavy atom. The molecule has 0 fully saturated rings. The third kappa shape index (κ3) is 4.57. The van der Waals surface area contributed by atoms with E-state index in [4.69, 9.17) is 0 Å². The van der Waals surface area contributed by atoms with Gasteiger partial charge in [-0.2, -0.15) is 0 Å². The van der Waals surface area contributed by atoms with Gasteiger partial charge >= 0.3 is 0 Å². The minimum atomic E-state index is 0.303. The van der Waals surface area contributed by atoms with E-state index < -0.39 is 0 Å². The summed E-state index contributed by atoms with van der Waals surface area (Å²) in [5.74, 6) is 0.945. The summed E-state index contributed by atoms with van der Waals surface area (Å²) in [7, 11) is 2.23. The maximum Gasteiger partial charge on any atom is 0.0727 e. The predicted octanol–water partition coefficient (Wildman–Crippen LogP) is 8.18. The lowest BCUT2D eigenvalue weighted by Crippen LogP contribution is -2.35. The van der Waals surface area contributed by atoms with Crippen LogP contribution >= 0.6 is 0 Å². The smallest absolute Gasteiger partial charge is 0.0727 e. The van der Waals surface area contributed by atoms with Crippen LogP contribution in [0.3, 0.4) is 0 Å². The maximum atomic E-state index is 2.50. The highest BCUT2D eigenvalue weighted by molar-refractivity contribution is 5.77. The van der Waals surface area contributed by atoms with Crippen LogP contribution in [-0.4, -0.2) is 29.9 Å². The van der Waals surface area contributed by atoms with Crippen LogP contribution in [0.5, 0.6) is 0 Å². The molecule has 0 aliphatic carbocycles. The van der Waals surface area contributed by atoms with Crippen LogP contribution in [-0.2, 0) is 0 Å². The molecule has 6 rings (SSSR count). The van der Waals surface area contributed by atoms with E-state index in [2.05, 4.69) is 140 Å². The molecule has 0 amide bonds. The van der Waals surface area contributed by atoms with Crippen molar-refractivity contribution in [3.05, 3.63) is 137 Å². The summed E-state index contributed by atoms with van der Waals surface area (Å²) >= 11 is 0. The molecule has 3 aromatic carbocycles. The Morgan fingerprint density at radius 1 is 0.838 bits per heavy atom. The topological polar surface area (TPSA) is 6.48 Å². The molecule has 3 aliphatic heterocycles. The van der Waals surface area contributed by atoms with E-state index in [9.17, 15) is 0 Å². The summed E-state index contributed by atoms with van der Waals surface area (Å²) in [5.41, 5.74) is 11.0. The van der Waals surface area contributed by atoms with Crippen LogP contribution in [0.4, 0.5) is 0 Å². The van der Waals surface area contributed by atoms with Crippen LogP contribution in [0.1, 0.15) is 54.5 Å². The van der Waals surface area contributed by atoms with Gasteiger partial charge in [0, 0.05) is 37.3 Å². The number of allylic oxidation sites excluding steroid dienone is 4. The third-order valence-corrected chi connectivity index (χ3v) is 7.94. The number of benzene rings is 3. The van der Waals surface area contributed by atoms with Gasteiger partial charge in [-0.3, -0.25) is 0 Å². The average molecular weight is 485 g/mol. The first kappa shape index (κ1) is 23.6. The quantitative estimate of drug-likeness (QED) is 0.360. The van der Waals surface area contributed by atoms with Crippen LogP contribution in [0, 0.1) is 5.92 Å². The van der Waals surface area contributed by atoms with Crippen molar-refractivity contribution in [3.8, 4) is 11.1 Å². The fourth-order valence-electron chi connectivity index (χ4n) is 6.15. The second-order valence-electron chi connectivity index (χ2n) is 11.0. The summed E-state index contributed by atoms with van der Waals surface area (Å²) in [5, 5.41) is 0. The maximum absolute atomic E-state index is 2.50. The van der Waals surface area contributed by atoms with Gasteiger partial charge in [-0.05, 0) is 70.1 Å². The molecule has 0 radical (unpaired) electrons. The number of rotatable bonds is 5. The number of fused-ring (bicyclic) bond motifs is 3. The molecular formula is C35H36N2. The van der Waals surface area contributed by atoms with Gasteiger partial charge in [-0.25, -0.2) is 0 Å². The van der Waals surface area contributed by atoms with Crippen molar-refractivity contribution in [2.45, 2.75) is 32.2 Å².